The highest BCUT2D eigenvalue weighted by molar-refractivity contribution is 5.13. The van der Waals surface area contributed by atoms with Crippen molar-refractivity contribution in [1.29, 1.82) is 0 Å². The zero-order valence-electron chi connectivity index (χ0n) is 12.5. The number of hydrogen-bond acceptors (Lipinski definition) is 3. The minimum atomic E-state index is -0.256. The Kier molecular flexibility index (Phi) is 9.29. The fourth-order valence-corrected chi connectivity index (χ4v) is 2.14. The second-order valence-corrected chi connectivity index (χ2v) is 5.47. The Morgan fingerprint density at radius 3 is 2.35 bits per heavy atom. The van der Waals surface area contributed by atoms with Gasteiger partial charge in [0.05, 0.1) is 18.8 Å². The summed E-state index contributed by atoms with van der Waals surface area (Å²) in [7, 11) is 0. The van der Waals surface area contributed by atoms with Crippen molar-refractivity contribution in [2.45, 2.75) is 64.3 Å². The molecular weight excluding hydrogens is 252 g/mol. The third kappa shape index (κ3) is 9.08. The zero-order chi connectivity index (χ0) is 14.6. The molecule has 0 bridgehead atoms. The van der Waals surface area contributed by atoms with Crippen molar-refractivity contribution in [3.05, 3.63) is 35.9 Å². The Labute approximate surface area is 122 Å². The van der Waals surface area contributed by atoms with Gasteiger partial charge in [0.2, 0.25) is 0 Å². The summed E-state index contributed by atoms with van der Waals surface area (Å²) in [5.74, 6) is 0. The van der Waals surface area contributed by atoms with Crippen LogP contribution in [0.3, 0.4) is 0 Å². The van der Waals surface area contributed by atoms with E-state index in [0.717, 1.165) is 45.1 Å². The van der Waals surface area contributed by atoms with E-state index in [2.05, 4.69) is 12.1 Å². The highest BCUT2D eigenvalue weighted by Gasteiger charge is 2.05. The molecule has 2 N–H and O–H groups in total. The third-order valence-electron chi connectivity index (χ3n) is 3.35. The topological polar surface area (TPSA) is 49.7 Å². The van der Waals surface area contributed by atoms with E-state index in [0.29, 0.717) is 6.61 Å². The summed E-state index contributed by atoms with van der Waals surface area (Å²) in [6, 6.07) is 10.2. The van der Waals surface area contributed by atoms with Gasteiger partial charge in [0.1, 0.15) is 0 Å². The Hall–Kier alpha value is -0.900. The van der Waals surface area contributed by atoms with E-state index in [1.807, 2.05) is 18.2 Å². The third-order valence-corrected chi connectivity index (χ3v) is 3.35. The summed E-state index contributed by atoms with van der Waals surface area (Å²) in [5.41, 5.74) is 1.20. The van der Waals surface area contributed by atoms with Gasteiger partial charge in [-0.05, 0) is 51.0 Å². The first-order valence-electron chi connectivity index (χ1n) is 7.66. The molecule has 0 heterocycles. The number of benzene rings is 1. The number of hydrogen-bond donors (Lipinski definition) is 2. The predicted octanol–water partition coefficient (Wildman–Crippen LogP) is 3.29. The van der Waals surface area contributed by atoms with Crippen LogP contribution in [-0.4, -0.2) is 29.0 Å². The van der Waals surface area contributed by atoms with Crippen molar-refractivity contribution in [2.75, 3.05) is 6.61 Å². The largest absolute Gasteiger partial charge is 0.393 e. The minimum absolute atomic E-state index is 0.233. The first-order valence-corrected chi connectivity index (χ1v) is 7.66. The lowest BCUT2D eigenvalue weighted by molar-refractivity contribution is 0.105. The molecule has 1 rings (SSSR count). The van der Waals surface area contributed by atoms with E-state index < -0.39 is 0 Å². The van der Waals surface area contributed by atoms with E-state index in [1.54, 1.807) is 6.92 Å². The Morgan fingerprint density at radius 2 is 1.65 bits per heavy atom. The molecule has 0 saturated heterocycles. The first-order chi connectivity index (χ1) is 9.68. The first kappa shape index (κ1) is 17.2. The molecule has 2 atom stereocenters. The molecule has 0 fully saturated rings. The molecule has 0 aromatic heterocycles. The molecule has 0 radical (unpaired) electrons. The quantitative estimate of drug-likeness (QED) is 0.612. The van der Waals surface area contributed by atoms with E-state index in [1.165, 1.54) is 5.56 Å². The van der Waals surface area contributed by atoms with Gasteiger partial charge in [0.15, 0.2) is 0 Å². The number of rotatable bonds is 11. The van der Waals surface area contributed by atoms with Crippen LogP contribution in [0.2, 0.25) is 0 Å². The summed E-state index contributed by atoms with van der Waals surface area (Å²) in [6.07, 6.45) is 4.77. The van der Waals surface area contributed by atoms with Crippen molar-refractivity contribution in [3.8, 4) is 0 Å². The normalized spacial score (nSPS) is 14.2. The molecule has 0 saturated carbocycles. The van der Waals surface area contributed by atoms with E-state index in [9.17, 15) is 5.11 Å². The van der Waals surface area contributed by atoms with Gasteiger partial charge in [0, 0.05) is 6.61 Å². The molecule has 0 aliphatic rings. The summed E-state index contributed by atoms with van der Waals surface area (Å²) in [5, 5.41) is 18.9. The van der Waals surface area contributed by atoms with Crippen molar-refractivity contribution < 1.29 is 14.9 Å². The predicted molar refractivity (Wildman–Crippen MR) is 81.5 cm³/mol. The lowest BCUT2D eigenvalue weighted by Gasteiger charge is -2.11. The van der Waals surface area contributed by atoms with E-state index in [4.69, 9.17) is 9.84 Å². The van der Waals surface area contributed by atoms with Crippen LogP contribution in [0.1, 0.15) is 51.0 Å². The van der Waals surface area contributed by atoms with Crippen LogP contribution in [0.15, 0.2) is 30.3 Å². The van der Waals surface area contributed by atoms with E-state index in [-0.39, 0.29) is 12.2 Å². The molecule has 114 valence electrons. The number of aliphatic hydroxyl groups excluding tert-OH is 2. The Bertz CT molecular complexity index is 324. The lowest BCUT2D eigenvalue weighted by atomic mass is 10.0. The summed E-state index contributed by atoms with van der Waals surface area (Å²) < 4.78 is 5.60. The van der Waals surface area contributed by atoms with Crippen LogP contribution in [0.25, 0.3) is 0 Å². The SMILES string of the molecule is C[C@@H](O)CCC[C@@H](O)CCCCOCc1ccccc1. The standard InChI is InChI=1S/C17H28O3/c1-15(18)8-7-12-17(19)11-5-6-13-20-14-16-9-3-2-4-10-16/h2-4,9-10,15,17-19H,5-8,11-14H2,1H3/t15-,17+/m1/s1. The van der Waals surface area contributed by atoms with Gasteiger partial charge in [-0.25, -0.2) is 0 Å². The number of aliphatic hydroxyl groups is 2. The maximum absolute atomic E-state index is 9.77. The second-order valence-electron chi connectivity index (χ2n) is 5.47. The molecule has 0 unspecified atom stereocenters. The van der Waals surface area contributed by atoms with Gasteiger partial charge < -0.3 is 14.9 Å². The molecule has 3 nitrogen and oxygen atoms in total. The molecule has 0 spiro atoms. The molecule has 1 aromatic carbocycles. The van der Waals surface area contributed by atoms with Gasteiger partial charge in [-0.3, -0.25) is 0 Å². The summed E-state index contributed by atoms with van der Waals surface area (Å²) >= 11 is 0. The smallest absolute Gasteiger partial charge is 0.0716 e. The van der Waals surface area contributed by atoms with Crippen molar-refractivity contribution in [2.24, 2.45) is 0 Å². The summed E-state index contributed by atoms with van der Waals surface area (Å²) in [4.78, 5) is 0. The fraction of sp³-hybridized carbons (Fsp3) is 0.647. The van der Waals surface area contributed by atoms with Crippen LogP contribution in [0.5, 0.6) is 0 Å². The zero-order valence-corrected chi connectivity index (χ0v) is 12.5. The second kappa shape index (κ2) is 10.8. The van der Waals surface area contributed by atoms with Gasteiger partial charge in [0.25, 0.3) is 0 Å². The average Bonchev–Trinajstić information content (AvgIpc) is 2.43. The van der Waals surface area contributed by atoms with Crippen LogP contribution in [0, 0.1) is 0 Å². The minimum Gasteiger partial charge on any atom is -0.393 e. The van der Waals surface area contributed by atoms with Crippen molar-refractivity contribution in [3.63, 3.8) is 0 Å². The van der Waals surface area contributed by atoms with Gasteiger partial charge in [-0.15, -0.1) is 0 Å². The molecule has 0 aliphatic carbocycles. The van der Waals surface area contributed by atoms with Gasteiger partial charge in [-0.1, -0.05) is 30.3 Å². The van der Waals surface area contributed by atoms with Crippen molar-refractivity contribution in [1.82, 2.24) is 0 Å². The van der Waals surface area contributed by atoms with Crippen LogP contribution in [-0.2, 0) is 11.3 Å². The summed E-state index contributed by atoms with van der Waals surface area (Å²) in [6.45, 7) is 3.20. The lowest BCUT2D eigenvalue weighted by Crippen LogP contribution is -2.09. The highest BCUT2D eigenvalue weighted by atomic mass is 16.5. The molecule has 0 amide bonds. The Morgan fingerprint density at radius 1 is 0.950 bits per heavy atom. The fourth-order valence-electron chi connectivity index (χ4n) is 2.14. The molecule has 3 heteroatoms. The Balaban J connectivity index is 1.91. The molecule has 20 heavy (non-hydrogen) atoms. The van der Waals surface area contributed by atoms with Crippen LogP contribution < -0.4 is 0 Å². The van der Waals surface area contributed by atoms with E-state index >= 15 is 0 Å². The average molecular weight is 280 g/mol. The van der Waals surface area contributed by atoms with Gasteiger partial charge in [-0.2, -0.15) is 0 Å². The number of unbranched alkanes of at least 4 members (excludes halogenated alkanes) is 1. The monoisotopic (exact) mass is 280 g/mol. The molecular formula is C17H28O3. The van der Waals surface area contributed by atoms with Crippen molar-refractivity contribution >= 4 is 0 Å². The van der Waals surface area contributed by atoms with Gasteiger partial charge >= 0.3 is 0 Å². The van der Waals surface area contributed by atoms with Crippen LogP contribution in [0.4, 0.5) is 0 Å². The number of ether oxygens (including phenoxy) is 1. The maximum Gasteiger partial charge on any atom is 0.0716 e. The molecule has 1 aromatic rings. The molecule has 0 aliphatic heterocycles. The van der Waals surface area contributed by atoms with Crippen LogP contribution >= 0.6 is 0 Å². The highest BCUT2D eigenvalue weighted by Crippen LogP contribution is 2.10. The maximum atomic E-state index is 9.77.